The minimum absolute atomic E-state index is 0.0548. The molecule has 2 saturated heterocycles. The lowest BCUT2D eigenvalue weighted by Gasteiger charge is -2.41. The van der Waals surface area contributed by atoms with E-state index >= 15 is 0 Å². The number of likely N-dealkylation sites (N-methyl/N-ethyl adjacent to an activating group) is 2. The van der Waals surface area contributed by atoms with Gasteiger partial charge in [-0.25, -0.2) is 4.79 Å². The van der Waals surface area contributed by atoms with Crippen molar-refractivity contribution < 1.29 is 28.7 Å². The number of methoxy groups -OCH3 is 1. The minimum Gasteiger partial charge on any atom is -0.466 e. The molecule has 0 saturated carbocycles. The molecule has 0 unspecified atom stereocenters. The molecule has 2 aromatic rings. The first-order valence-corrected chi connectivity index (χ1v) is 18.1. The van der Waals surface area contributed by atoms with Gasteiger partial charge >= 0.3 is 5.97 Å². The fourth-order valence-corrected chi connectivity index (χ4v) is 8.06. The second-order valence-corrected chi connectivity index (χ2v) is 15.9. The number of morpholine rings is 1. The quantitative estimate of drug-likeness (QED) is 0.0880. The first-order chi connectivity index (χ1) is 23.1. The average Bonchev–Trinajstić information content (AvgIpc) is 3.51. The smallest absolute Gasteiger partial charge is 0.346 e. The van der Waals surface area contributed by atoms with Crippen LogP contribution in [0.15, 0.2) is 67.2 Å². The van der Waals surface area contributed by atoms with Crippen molar-refractivity contribution in [2.45, 2.75) is 55.4 Å². The molecule has 2 aromatic carbocycles. The van der Waals surface area contributed by atoms with Crippen LogP contribution in [-0.4, -0.2) is 108 Å². The normalized spacial score (nSPS) is 17.5. The number of hydrogen-bond donors (Lipinski definition) is 0. The van der Waals surface area contributed by atoms with Gasteiger partial charge in [0.15, 0.2) is 5.11 Å². The minimum atomic E-state index is -0.469. The second-order valence-electron chi connectivity index (χ2n) is 13.0. The van der Waals surface area contributed by atoms with Crippen LogP contribution < -0.4 is 0 Å². The molecule has 0 radical (unpaired) electrons. The molecule has 0 bridgehead atoms. The van der Waals surface area contributed by atoms with E-state index in [4.69, 9.17) is 34.0 Å². The number of thiocarbonyl (C=S) groups is 2. The molecule has 0 spiro atoms. The third kappa shape index (κ3) is 8.97. The van der Waals surface area contributed by atoms with Gasteiger partial charge in [-0.1, -0.05) is 92.0 Å². The highest BCUT2D eigenvalue weighted by atomic mass is 32.2. The molecular formula is C35H42N4O6S4. The lowest BCUT2D eigenvalue weighted by atomic mass is 9.87. The van der Waals surface area contributed by atoms with Crippen LogP contribution in [0.4, 0.5) is 0 Å². The van der Waals surface area contributed by atoms with E-state index in [0.717, 1.165) is 44.0 Å². The van der Waals surface area contributed by atoms with Crippen LogP contribution in [0.2, 0.25) is 0 Å². The summed E-state index contributed by atoms with van der Waals surface area (Å²) in [7, 11) is 4.52. The maximum atomic E-state index is 12.6. The summed E-state index contributed by atoms with van der Waals surface area (Å²) in [6.45, 7) is 13.4. The summed E-state index contributed by atoms with van der Waals surface area (Å²) in [6.07, 6.45) is 0. The van der Waals surface area contributed by atoms with E-state index in [1.54, 1.807) is 19.5 Å². The predicted molar refractivity (Wildman–Crippen MR) is 202 cm³/mol. The molecule has 262 valence electrons. The molecule has 10 nitrogen and oxygen atoms in total. The van der Waals surface area contributed by atoms with E-state index < -0.39 is 5.97 Å². The molecule has 3 aliphatic heterocycles. The van der Waals surface area contributed by atoms with Gasteiger partial charge < -0.3 is 14.3 Å². The topological polar surface area (TPSA) is 101 Å². The SMILES string of the molecule is CN1C(=O)C(=C2Sc3ccc(C(C)(C)C)cc3S2)C(=O)N(C)C1=S.COC(=O)CO/N=C(\c1ccc(C=S)cc1)C(C)(C)N1CCOCC1. The number of nitrogens with zero attached hydrogens (tertiary/aromatic N) is 4. The first-order valence-electron chi connectivity index (χ1n) is 15.6. The number of oxime groups is 1. The zero-order valence-electron chi connectivity index (χ0n) is 29.0. The van der Waals surface area contributed by atoms with Gasteiger partial charge in [0.2, 0.25) is 6.61 Å². The summed E-state index contributed by atoms with van der Waals surface area (Å²) in [5, 5.41) is 6.14. The van der Waals surface area contributed by atoms with Crippen molar-refractivity contribution in [3.05, 3.63) is 69.0 Å². The van der Waals surface area contributed by atoms with E-state index in [9.17, 15) is 14.4 Å². The van der Waals surface area contributed by atoms with Gasteiger partial charge in [-0.3, -0.25) is 24.3 Å². The van der Waals surface area contributed by atoms with Gasteiger partial charge in [-0.05, 0) is 54.7 Å². The summed E-state index contributed by atoms with van der Waals surface area (Å²) >= 11 is 13.1. The summed E-state index contributed by atoms with van der Waals surface area (Å²) in [5.41, 5.74) is 3.72. The van der Waals surface area contributed by atoms with Gasteiger partial charge in [0, 0.05) is 47.9 Å². The lowest BCUT2D eigenvalue weighted by molar-refractivity contribution is -0.145. The molecule has 3 aliphatic rings. The fraction of sp³-hybridized carbons (Fsp3) is 0.429. The van der Waals surface area contributed by atoms with E-state index in [2.05, 4.69) is 67.6 Å². The number of benzene rings is 2. The number of carbonyl (C=O) groups is 3. The van der Waals surface area contributed by atoms with Crippen LogP contribution in [-0.2, 0) is 34.1 Å². The lowest BCUT2D eigenvalue weighted by Crippen LogP contribution is -2.54. The van der Waals surface area contributed by atoms with Gasteiger partial charge in [0.1, 0.15) is 11.3 Å². The summed E-state index contributed by atoms with van der Waals surface area (Å²) in [4.78, 5) is 48.9. The standard InChI is InChI=1S/C18H24N2O4S.C17H18N2O2S3/c1-18(2,20-8-10-23-11-9-20)17(19-24-12-16(21)22-3)15-6-4-14(13-25)5-7-15;1-17(2,3)9-6-7-10-11(8-9)24-15(23-10)12-13(20)18(4)16(22)19(5)14(12)21/h4-7,13H,8-12H2,1-3H3;6-8H,1-5H3/b19-17+;. The Morgan fingerprint density at radius 2 is 1.55 bits per heavy atom. The van der Waals surface area contributed by atoms with E-state index in [-0.39, 0.29) is 40.1 Å². The summed E-state index contributed by atoms with van der Waals surface area (Å²) < 4.78 is 10.8. The number of rotatable bonds is 7. The van der Waals surface area contributed by atoms with Crippen LogP contribution in [0.3, 0.4) is 0 Å². The molecule has 14 heteroatoms. The second kappa shape index (κ2) is 16.3. The van der Waals surface area contributed by atoms with Crippen molar-refractivity contribution in [1.82, 2.24) is 14.7 Å². The van der Waals surface area contributed by atoms with E-state index in [1.165, 1.54) is 46.0 Å². The highest BCUT2D eigenvalue weighted by molar-refractivity contribution is 8.24. The Balaban J connectivity index is 0.000000221. The number of amides is 2. The Labute approximate surface area is 307 Å². The average molecular weight is 743 g/mol. The van der Waals surface area contributed by atoms with Crippen molar-refractivity contribution in [2.75, 3.05) is 54.1 Å². The zero-order valence-corrected chi connectivity index (χ0v) is 32.3. The van der Waals surface area contributed by atoms with Crippen LogP contribution >= 0.6 is 48.0 Å². The Kier molecular flexibility index (Phi) is 12.8. The molecule has 0 N–H and O–H groups in total. The van der Waals surface area contributed by atoms with Gasteiger partial charge in [-0.15, -0.1) is 0 Å². The van der Waals surface area contributed by atoms with Gasteiger partial charge in [-0.2, -0.15) is 0 Å². The Morgan fingerprint density at radius 3 is 2.10 bits per heavy atom. The molecular weight excluding hydrogens is 701 g/mol. The maximum absolute atomic E-state index is 12.6. The molecule has 0 aromatic heterocycles. The Bertz CT molecular complexity index is 1650. The van der Waals surface area contributed by atoms with Crippen molar-refractivity contribution in [3.63, 3.8) is 0 Å². The summed E-state index contributed by atoms with van der Waals surface area (Å²) in [6, 6.07) is 14.1. The molecule has 2 fully saturated rings. The molecule has 2 amide bonds. The number of carbonyl (C=O) groups excluding carboxylic acids is 3. The highest BCUT2D eigenvalue weighted by Crippen LogP contribution is 2.53. The first kappa shape index (κ1) is 38.7. The maximum Gasteiger partial charge on any atom is 0.346 e. The Morgan fingerprint density at radius 1 is 0.959 bits per heavy atom. The van der Waals surface area contributed by atoms with Crippen molar-refractivity contribution in [1.29, 1.82) is 0 Å². The predicted octanol–water partition coefficient (Wildman–Crippen LogP) is 5.65. The molecule has 3 heterocycles. The zero-order chi connectivity index (χ0) is 36.1. The molecule has 0 aliphatic carbocycles. The van der Waals surface area contributed by atoms with Crippen LogP contribution in [0.25, 0.3) is 0 Å². The summed E-state index contributed by atoms with van der Waals surface area (Å²) in [5.74, 6) is -1.13. The van der Waals surface area contributed by atoms with Crippen molar-refractivity contribution in [2.24, 2.45) is 5.16 Å². The van der Waals surface area contributed by atoms with E-state index in [0.29, 0.717) is 13.2 Å². The van der Waals surface area contributed by atoms with E-state index in [1.807, 2.05) is 24.3 Å². The fourth-order valence-electron chi connectivity index (χ4n) is 5.18. The Hall–Kier alpha value is -3.14. The number of ether oxygens (including phenoxy) is 2. The number of hydrogen-bond acceptors (Lipinski definition) is 12. The number of fused-ring (bicyclic) bond motifs is 1. The number of thioether (sulfide) groups is 2. The third-order valence-electron chi connectivity index (χ3n) is 8.30. The van der Waals surface area contributed by atoms with Crippen LogP contribution in [0, 0.1) is 0 Å². The largest absolute Gasteiger partial charge is 0.466 e. The molecule has 0 atom stereocenters. The van der Waals surface area contributed by atoms with Crippen LogP contribution in [0.1, 0.15) is 51.3 Å². The highest BCUT2D eigenvalue weighted by Gasteiger charge is 2.40. The van der Waals surface area contributed by atoms with Crippen molar-refractivity contribution >= 4 is 81.9 Å². The van der Waals surface area contributed by atoms with Crippen molar-refractivity contribution in [3.8, 4) is 0 Å². The monoisotopic (exact) mass is 742 g/mol. The molecule has 49 heavy (non-hydrogen) atoms. The number of esters is 1. The van der Waals surface area contributed by atoms with Gasteiger partial charge in [0.05, 0.1) is 30.1 Å². The third-order valence-corrected chi connectivity index (χ3v) is 11.7. The van der Waals surface area contributed by atoms with Crippen LogP contribution in [0.5, 0.6) is 0 Å². The molecule has 5 rings (SSSR count). The van der Waals surface area contributed by atoms with Gasteiger partial charge in [0.25, 0.3) is 11.8 Å².